The van der Waals surface area contributed by atoms with Gasteiger partial charge >= 0.3 is 5.97 Å². The third-order valence-electron chi connectivity index (χ3n) is 3.41. The number of sulfone groups is 1. The van der Waals surface area contributed by atoms with Gasteiger partial charge in [0.05, 0.1) is 16.3 Å². The number of hydrogen-bond donors (Lipinski definition) is 1. The first kappa shape index (κ1) is 15.9. The van der Waals surface area contributed by atoms with Gasteiger partial charge in [-0.2, -0.15) is 5.10 Å². The molecule has 122 valence electrons. The van der Waals surface area contributed by atoms with Crippen molar-refractivity contribution in [2.24, 2.45) is 0 Å². The first-order chi connectivity index (χ1) is 11.4. The minimum Gasteiger partial charge on any atom is -0.476 e. The van der Waals surface area contributed by atoms with Crippen molar-refractivity contribution in [1.82, 2.24) is 14.8 Å². The van der Waals surface area contributed by atoms with E-state index in [1.165, 1.54) is 22.9 Å². The lowest BCUT2D eigenvalue weighted by Crippen LogP contribution is -2.02. The Bertz CT molecular complexity index is 994. The van der Waals surface area contributed by atoms with E-state index >= 15 is 0 Å². The molecule has 0 unspecified atom stereocenters. The van der Waals surface area contributed by atoms with E-state index < -0.39 is 15.8 Å². The largest absolute Gasteiger partial charge is 0.476 e. The molecule has 0 bridgehead atoms. The highest BCUT2D eigenvalue weighted by Crippen LogP contribution is 2.25. The molecule has 24 heavy (non-hydrogen) atoms. The van der Waals surface area contributed by atoms with Crippen LogP contribution in [0.3, 0.4) is 0 Å². The number of aromatic carboxylic acids is 1. The molecular formula is C16H13N3O4S. The van der Waals surface area contributed by atoms with Crippen LogP contribution in [0.15, 0.2) is 59.8 Å². The number of rotatable bonds is 4. The van der Waals surface area contributed by atoms with Crippen LogP contribution in [-0.2, 0) is 9.84 Å². The molecule has 0 spiro atoms. The molecule has 7 nitrogen and oxygen atoms in total. The lowest BCUT2D eigenvalue weighted by Gasteiger charge is -2.07. The predicted molar refractivity (Wildman–Crippen MR) is 86.9 cm³/mol. The zero-order chi connectivity index (χ0) is 17.3. The molecule has 0 saturated carbocycles. The van der Waals surface area contributed by atoms with Gasteiger partial charge in [0.15, 0.2) is 15.5 Å². The van der Waals surface area contributed by atoms with E-state index in [-0.39, 0.29) is 10.6 Å². The van der Waals surface area contributed by atoms with Crippen molar-refractivity contribution in [3.05, 3.63) is 60.6 Å². The predicted octanol–water partition coefficient (Wildman–Crippen LogP) is 2.04. The summed E-state index contributed by atoms with van der Waals surface area (Å²) in [4.78, 5) is 15.4. The van der Waals surface area contributed by atoms with Gasteiger partial charge in [0.25, 0.3) is 0 Å². The summed E-state index contributed by atoms with van der Waals surface area (Å²) in [6, 6.07) is 11.1. The molecule has 1 aromatic carbocycles. The van der Waals surface area contributed by atoms with E-state index in [2.05, 4.69) is 10.1 Å². The maximum Gasteiger partial charge on any atom is 0.356 e. The quantitative estimate of drug-likeness (QED) is 0.778. The number of carbonyl (C=O) groups is 1. The van der Waals surface area contributed by atoms with E-state index in [0.717, 1.165) is 6.26 Å². The molecule has 0 radical (unpaired) electrons. The van der Waals surface area contributed by atoms with Gasteiger partial charge in [-0.15, -0.1) is 0 Å². The van der Waals surface area contributed by atoms with Crippen LogP contribution in [0.4, 0.5) is 0 Å². The molecule has 3 aromatic rings. The smallest absolute Gasteiger partial charge is 0.356 e. The molecule has 3 rings (SSSR count). The standard InChI is InChI=1S/C16H13N3O4S/c1-24(22,23)13-4-2-11(3-5-13)15-10-14(16(20)21)18-19(15)12-6-8-17-9-7-12/h2-10H,1H3,(H,20,21). The molecule has 0 atom stereocenters. The second-order valence-corrected chi connectivity index (χ2v) is 7.15. The van der Waals surface area contributed by atoms with Crippen molar-refractivity contribution < 1.29 is 18.3 Å². The maximum absolute atomic E-state index is 11.6. The van der Waals surface area contributed by atoms with Gasteiger partial charge in [0.2, 0.25) is 0 Å². The Morgan fingerprint density at radius 2 is 1.71 bits per heavy atom. The first-order valence-electron chi connectivity index (χ1n) is 6.90. The molecule has 8 heteroatoms. The second kappa shape index (κ2) is 5.89. The number of benzene rings is 1. The van der Waals surface area contributed by atoms with Crippen LogP contribution in [0.25, 0.3) is 16.9 Å². The minimum atomic E-state index is -3.30. The number of aromatic nitrogens is 3. The summed E-state index contributed by atoms with van der Waals surface area (Å²) in [7, 11) is -3.30. The Hall–Kier alpha value is -3.00. The van der Waals surface area contributed by atoms with Crippen LogP contribution < -0.4 is 0 Å². The summed E-state index contributed by atoms with van der Waals surface area (Å²) in [5.74, 6) is -1.14. The Kier molecular flexibility index (Phi) is 3.90. The highest BCUT2D eigenvalue weighted by molar-refractivity contribution is 7.90. The molecule has 1 N–H and O–H groups in total. The molecule has 0 amide bonds. The van der Waals surface area contributed by atoms with Gasteiger partial charge in [-0.05, 0) is 30.3 Å². The summed E-state index contributed by atoms with van der Waals surface area (Å²) < 4.78 is 24.6. The molecule has 0 aliphatic heterocycles. The van der Waals surface area contributed by atoms with E-state index in [9.17, 15) is 18.3 Å². The van der Waals surface area contributed by atoms with Crippen LogP contribution in [-0.4, -0.2) is 40.5 Å². The van der Waals surface area contributed by atoms with Crippen molar-refractivity contribution in [2.45, 2.75) is 4.90 Å². The minimum absolute atomic E-state index is 0.103. The summed E-state index contributed by atoms with van der Waals surface area (Å²) in [5.41, 5.74) is 1.74. The summed E-state index contributed by atoms with van der Waals surface area (Å²) in [5, 5.41) is 13.3. The van der Waals surface area contributed by atoms with E-state index in [4.69, 9.17) is 0 Å². The molecule has 0 saturated heterocycles. The SMILES string of the molecule is CS(=O)(=O)c1ccc(-c2cc(C(=O)O)nn2-c2ccncc2)cc1. The summed E-state index contributed by atoms with van der Waals surface area (Å²) in [6.45, 7) is 0. The number of nitrogens with zero attached hydrogens (tertiary/aromatic N) is 3. The van der Waals surface area contributed by atoms with Gasteiger partial charge in [0, 0.05) is 24.2 Å². The highest BCUT2D eigenvalue weighted by atomic mass is 32.2. The maximum atomic E-state index is 11.6. The van der Waals surface area contributed by atoms with E-state index in [1.54, 1.807) is 36.7 Å². The average molecular weight is 343 g/mol. The second-order valence-electron chi connectivity index (χ2n) is 5.13. The third kappa shape index (κ3) is 3.04. The van der Waals surface area contributed by atoms with Crippen molar-refractivity contribution in [2.75, 3.05) is 6.26 Å². The van der Waals surface area contributed by atoms with Gasteiger partial charge in [-0.25, -0.2) is 17.9 Å². The van der Waals surface area contributed by atoms with Crippen LogP contribution >= 0.6 is 0 Å². The van der Waals surface area contributed by atoms with Gasteiger partial charge in [-0.3, -0.25) is 4.98 Å². The number of hydrogen-bond acceptors (Lipinski definition) is 5. The fraction of sp³-hybridized carbons (Fsp3) is 0.0625. The van der Waals surface area contributed by atoms with Gasteiger partial charge in [0.1, 0.15) is 0 Å². The molecule has 0 aliphatic carbocycles. The molecular weight excluding hydrogens is 330 g/mol. The monoisotopic (exact) mass is 343 g/mol. The Morgan fingerprint density at radius 1 is 1.08 bits per heavy atom. The first-order valence-corrected chi connectivity index (χ1v) is 8.79. The molecule has 0 aliphatic rings. The number of pyridine rings is 1. The van der Waals surface area contributed by atoms with Crippen molar-refractivity contribution in [3.63, 3.8) is 0 Å². The zero-order valence-electron chi connectivity index (χ0n) is 12.6. The molecule has 2 heterocycles. The van der Waals surface area contributed by atoms with Crippen molar-refractivity contribution >= 4 is 15.8 Å². The molecule has 2 aromatic heterocycles. The van der Waals surface area contributed by atoms with E-state index in [0.29, 0.717) is 16.9 Å². The normalized spacial score (nSPS) is 11.4. The Morgan fingerprint density at radius 3 is 2.25 bits per heavy atom. The lowest BCUT2D eigenvalue weighted by molar-refractivity contribution is 0.0690. The average Bonchev–Trinajstić information content (AvgIpc) is 3.00. The zero-order valence-corrected chi connectivity index (χ0v) is 13.4. The van der Waals surface area contributed by atoms with Crippen LogP contribution in [0.1, 0.15) is 10.5 Å². The Labute approximate surface area is 138 Å². The van der Waals surface area contributed by atoms with E-state index in [1.807, 2.05) is 0 Å². The highest BCUT2D eigenvalue weighted by Gasteiger charge is 2.16. The van der Waals surface area contributed by atoms with Crippen LogP contribution in [0, 0.1) is 0 Å². The fourth-order valence-electron chi connectivity index (χ4n) is 2.25. The number of carboxylic acids is 1. The fourth-order valence-corrected chi connectivity index (χ4v) is 2.88. The van der Waals surface area contributed by atoms with Crippen LogP contribution in [0.5, 0.6) is 0 Å². The molecule has 0 fully saturated rings. The third-order valence-corrected chi connectivity index (χ3v) is 4.54. The van der Waals surface area contributed by atoms with Gasteiger partial charge in [-0.1, -0.05) is 12.1 Å². The van der Waals surface area contributed by atoms with Crippen molar-refractivity contribution in [1.29, 1.82) is 0 Å². The topological polar surface area (TPSA) is 102 Å². The van der Waals surface area contributed by atoms with Gasteiger partial charge < -0.3 is 5.11 Å². The summed E-state index contributed by atoms with van der Waals surface area (Å²) >= 11 is 0. The number of carboxylic acid groups (broad SMARTS) is 1. The summed E-state index contributed by atoms with van der Waals surface area (Å²) in [6.07, 6.45) is 4.29. The lowest BCUT2D eigenvalue weighted by atomic mass is 10.1. The van der Waals surface area contributed by atoms with Crippen molar-refractivity contribution in [3.8, 4) is 16.9 Å². The van der Waals surface area contributed by atoms with Crippen LogP contribution in [0.2, 0.25) is 0 Å². The Balaban J connectivity index is 2.15.